The van der Waals surface area contributed by atoms with Crippen molar-refractivity contribution >= 4 is 5.91 Å². The zero-order valence-corrected chi connectivity index (χ0v) is 11.6. The van der Waals surface area contributed by atoms with Crippen molar-refractivity contribution in [1.82, 2.24) is 4.90 Å². The molecule has 0 spiro atoms. The van der Waals surface area contributed by atoms with Crippen LogP contribution in [0.4, 0.5) is 0 Å². The summed E-state index contributed by atoms with van der Waals surface area (Å²) in [6, 6.07) is 0.0363. The molecule has 2 rings (SSSR count). The Morgan fingerprint density at radius 3 is 2.78 bits per heavy atom. The fourth-order valence-electron chi connectivity index (χ4n) is 3.29. The number of carbonyl (C=O) groups excluding carboxylic acids is 1. The number of hydrogen-bond donors (Lipinski definition) is 1. The largest absolute Gasteiger partial charge is 0.380 e. The topological polar surface area (TPSA) is 55.6 Å². The predicted molar refractivity (Wildman–Crippen MR) is 71.1 cm³/mol. The van der Waals surface area contributed by atoms with Crippen LogP contribution in [0.1, 0.15) is 39.0 Å². The third kappa shape index (κ3) is 2.86. The van der Waals surface area contributed by atoms with Gasteiger partial charge < -0.3 is 15.4 Å². The second-order valence-electron chi connectivity index (χ2n) is 5.88. The highest BCUT2D eigenvalue weighted by Crippen LogP contribution is 2.30. The maximum atomic E-state index is 12.6. The monoisotopic (exact) mass is 254 g/mol. The van der Waals surface area contributed by atoms with Crippen LogP contribution in [0.5, 0.6) is 0 Å². The summed E-state index contributed by atoms with van der Waals surface area (Å²) >= 11 is 0. The third-order valence-electron chi connectivity index (χ3n) is 4.64. The van der Waals surface area contributed by atoms with E-state index in [0.29, 0.717) is 5.92 Å². The summed E-state index contributed by atoms with van der Waals surface area (Å²) in [6.45, 7) is 3.78. The van der Waals surface area contributed by atoms with E-state index in [1.165, 1.54) is 0 Å². The zero-order chi connectivity index (χ0) is 13.1. The number of methoxy groups -OCH3 is 1. The molecule has 104 valence electrons. The summed E-state index contributed by atoms with van der Waals surface area (Å²) < 4.78 is 5.38. The Balaban J connectivity index is 1.97. The van der Waals surface area contributed by atoms with E-state index in [9.17, 15) is 4.79 Å². The van der Waals surface area contributed by atoms with Crippen LogP contribution in [0, 0.1) is 11.8 Å². The lowest BCUT2D eigenvalue weighted by molar-refractivity contribution is -0.141. The molecule has 2 aliphatic rings. The van der Waals surface area contributed by atoms with E-state index < -0.39 is 0 Å². The Bertz CT molecular complexity index is 296. The Kier molecular flexibility index (Phi) is 4.62. The average Bonchev–Trinajstić information content (AvgIpc) is 2.41. The van der Waals surface area contributed by atoms with Gasteiger partial charge in [0.1, 0.15) is 0 Å². The number of likely N-dealkylation sites (tertiary alicyclic amines) is 1. The van der Waals surface area contributed by atoms with Gasteiger partial charge in [-0.05, 0) is 31.6 Å². The van der Waals surface area contributed by atoms with Gasteiger partial charge in [0, 0.05) is 26.2 Å². The SMILES string of the molecule is COC1CCCN(C(=O)C2CCCC(C)C2N)C1. The minimum absolute atomic E-state index is 0.0318. The number of nitrogens with two attached hydrogens (primary N) is 1. The summed E-state index contributed by atoms with van der Waals surface area (Å²) in [6.07, 6.45) is 5.56. The van der Waals surface area contributed by atoms with Gasteiger partial charge in [-0.1, -0.05) is 13.3 Å². The van der Waals surface area contributed by atoms with Crippen LogP contribution < -0.4 is 5.73 Å². The van der Waals surface area contributed by atoms with E-state index in [1.807, 2.05) is 4.90 Å². The highest BCUT2D eigenvalue weighted by molar-refractivity contribution is 5.79. The van der Waals surface area contributed by atoms with Gasteiger partial charge in [0.15, 0.2) is 0 Å². The molecule has 1 heterocycles. The van der Waals surface area contributed by atoms with Crippen molar-refractivity contribution in [3.8, 4) is 0 Å². The van der Waals surface area contributed by atoms with Gasteiger partial charge in [-0.15, -0.1) is 0 Å². The molecule has 1 saturated heterocycles. The van der Waals surface area contributed by atoms with Crippen LogP contribution in [-0.4, -0.2) is 43.2 Å². The minimum Gasteiger partial charge on any atom is -0.380 e. The Labute approximate surface area is 110 Å². The maximum absolute atomic E-state index is 12.6. The predicted octanol–water partition coefficient (Wildman–Crippen LogP) is 1.39. The van der Waals surface area contributed by atoms with Crippen molar-refractivity contribution in [2.45, 2.75) is 51.2 Å². The molecule has 2 fully saturated rings. The molecule has 4 nitrogen and oxygen atoms in total. The molecule has 0 aromatic rings. The summed E-state index contributed by atoms with van der Waals surface area (Å²) in [7, 11) is 1.73. The number of amides is 1. The second kappa shape index (κ2) is 6.02. The smallest absolute Gasteiger partial charge is 0.227 e. The third-order valence-corrected chi connectivity index (χ3v) is 4.64. The van der Waals surface area contributed by atoms with Crippen LogP contribution in [0.2, 0.25) is 0 Å². The molecule has 2 N–H and O–H groups in total. The molecule has 1 amide bonds. The van der Waals surface area contributed by atoms with E-state index >= 15 is 0 Å². The molecule has 18 heavy (non-hydrogen) atoms. The van der Waals surface area contributed by atoms with E-state index in [0.717, 1.165) is 45.2 Å². The van der Waals surface area contributed by atoms with E-state index in [4.69, 9.17) is 10.5 Å². The summed E-state index contributed by atoms with van der Waals surface area (Å²) in [4.78, 5) is 14.5. The summed E-state index contributed by atoms with van der Waals surface area (Å²) in [5.41, 5.74) is 6.22. The number of hydrogen-bond acceptors (Lipinski definition) is 3. The first-order chi connectivity index (χ1) is 8.63. The molecule has 0 aromatic heterocycles. The quantitative estimate of drug-likeness (QED) is 0.810. The van der Waals surface area contributed by atoms with Gasteiger partial charge in [-0.2, -0.15) is 0 Å². The number of piperidine rings is 1. The average molecular weight is 254 g/mol. The van der Waals surface area contributed by atoms with Crippen LogP contribution in [0.3, 0.4) is 0 Å². The molecule has 1 aliphatic carbocycles. The Morgan fingerprint density at radius 1 is 1.28 bits per heavy atom. The standard InChI is InChI=1S/C14H26N2O2/c1-10-5-3-7-12(13(10)15)14(17)16-8-4-6-11(9-16)18-2/h10-13H,3-9,15H2,1-2H3. The Morgan fingerprint density at radius 2 is 2.06 bits per heavy atom. The fraction of sp³-hybridized carbons (Fsp3) is 0.929. The molecule has 4 atom stereocenters. The van der Waals surface area contributed by atoms with Crippen LogP contribution in [0.25, 0.3) is 0 Å². The van der Waals surface area contributed by atoms with E-state index in [-0.39, 0.29) is 24.0 Å². The lowest BCUT2D eigenvalue weighted by Gasteiger charge is -2.39. The van der Waals surface area contributed by atoms with Crippen molar-refractivity contribution in [3.63, 3.8) is 0 Å². The first-order valence-corrected chi connectivity index (χ1v) is 7.20. The first kappa shape index (κ1) is 13.8. The van der Waals surface area contributed by atoms with Gasteiger partial charge in [0.05, 0.1) is 12.0 Å². The van der Waals surface area contributed by atoms with E-state index in [1.54, 1.807) is 7.11 Å². The van der Waals surface area contributed by atoms with Gasteiger partial charge in [0.25, 0.3) is 0 Å². The molecule has 1 saturated carbocycles. The van der Waals surface area contributed by atoms with Crippen molar-refractivity contribution in [3.05, 3.63) is 0 Å². The second-order valence-corrected chi connectivity index (χ2v) is 5.88. The molecule has 0 radical (unpaired) electrons. The van der Waals surface area contributed by atoms with Gasteiger partial charge >= 0.3 is 0 Å². The molecule has 0 bridgehead atoms. The van der Waals surface area contributed by atoms with Gasteiger partial charge in [-0.3, -0.25) is 4.79 Å². The highest BCUT2D eigenvalue weighted by atomic mass is 16.5. The molecule has 4 heteroatoms. The lowest BCUT2D eigenvalue weighted by Crippen LogP contribution is -2.52. The lowest BCUT2D eigenvalue weighted by atomic mass is 9.77. The number of ether oxygens (including phenoxy) is 1. The van der Waals surface area contributed by atoms with Crippen LogP contribution >= 0.6 is 0 Å². The van der Waals surface area contributed by atoms with Crippen molar-refractivity contribution in [2.24, 2.45) is 17.6 Å². The van der Waals surface area contributed by atoms with Crippen molar-refractivity contribution in [1.29, 1.82) is 0 Å². The maximum Gasteiger partial charge on any atom is 0.227 e. The summed E-state index contributed by atoms with van der Waals surface area (Å²) in [5.74, 6) is 0.760. The van der Waals surface area contributed by atoms with Crippen LogP contribution in [-0.2, 0) is 9.53 Å². The van der Waals surface area contributed by atoms with Gasteiger partial charge in [-0.25, -0.2) is 0 Å². The zero-order valence-electron chi connectivity index (χ0n) is 11.6. The first-order valence-electron chi connectivity index (χ1n) is 7.20. The molecular weight excluding hydrogens is 228 g/mol. The number of carbonyl (C=O) groups is 1. The highest BCUT2D eigenvalue weighted by Gasteiger charge is 2.36. The number of rotatable bonds is 2. The van der Waals surface area contributed by atoms with Crippen LogP contribution in [0.15, 0.2) is 0 Å². The molecule has 1 aliphatic heterocycles. The van der Waals surface area contributed by atoms with E-state index in [2.05, 4.69) is 6.92 Å². The number of nitrogens with zero attached hydrogens (tertiary/aromatic N) is 1. The van der Waals surface area contributed by atoms with Crippen molar-refractivity contribution < 1.29 is 9.53 Å². The fourth-order valence-corrected chi connectivity index (χ4v) is 3.29. The minimum atomic E-state index is 0.0318. The van der Waals surface area contributed by atoms with Crippen molar-refractivity contribution in [2.75, 3.05) is 20.2 Å². The molecular formula is C14H26N2O2. The summed E-state index contributed by atoms with van der Waals surface area (Å²) in [5, 5.41) is 0. The molecule has 4 unspecified atom stereocenters. The Hall–Kier alpha value is -0.610. The normalized spacial score (nSPS) is 37.6. The molecule has 0 aromatic carbocycles. The van der Waals surface area contributed by atoms with Gasteiger partial charge in [0.2, 0.25) is 5.91 Å².